The van der Waals surface area contributed by atoms with E-state index < -0.39 is 0 Å². The van der Waals surface area contributed by atoms with Crippen LogP contribution in [0.3, 0.4) is 0 Å². The summed E-state index contributed by atoms with van der Waals surface area (Å²) >= 11 is 1.92. The zero-order valence-electron chi connectivity index (χ0n) is 9.05. The van der Waals surface area contributed by atoms with Crippen molar-refractivity contribution in [2.75, 3.05) is 0 Å². The second-order valence-corrected chi connectivity index (χ2v) is 4.55. The van der Waals surface area contributed by atoms with Crippen LogP contribution in [0.1, 0.15) is 55.6 Å². The predicted octanol–water partition coefficient (Wildman–Crippen LogP) is 3.78. The maximum Gasteiger partial charge on any atom is 0.0956 e. The van der Waals surface area contributed by atoms with Crippen LogP contribution >= 0.6 is 11.3 Å². The zero-order chi connectivity index (χ0) is 9.84. The van der Waals surface area contributed by atoms with Crippen LogP contribution in [-0.2, 0) is 12.8 Å². The van der Waals surface area contributed by atoms with Crippen molar-refractivity contribution in [2.45, 2.75) is 52.9 Å². The van der Waals surface area contributed by atoms with Crippen LogP contribution in [0, 0.1) is 0 Å². The molecule has 0 aliphatic heterocycles. The van der Waals surface area contributed by atoms with Gasteiger partial charge < -0.3 is 0 Å². The minimum Gasteiger partial charge on any atom is -0.246 e. The summed E-state index contributed by atoms with van der Waals surface area (Å²) < 4.78 is 0. The molecule has 0 aromatic carbocycles. The lowest BCUT2D eigenvalue weighted by Gasteiger charge is -1.96. The van der Waals surface area contributed by atoms with E-state index in [9.17, 15) is 0 Å². The standard InChI is InChI=1S/C9H13NS.C2H6/c1-6(2)9-10-7-4-3-5-8(7)11-9;1-2/h6H,3-5H2,1-2H3;1-2H3. The van der Waals surface area contributed by atoms with Crippen LogP contribution in [-0.4, -0.2) is 4.98 Å². The fourth-order valence-electron chi connectivity index (χ4n) is 1.46. The number of hydrogen-bond acceptors (Lipinski definition) is 2. The quantitative estimate of drug-likeness (QED) is 0.667. The molecule has 13 heavy (non-hydrogen) atoms. The van der Waals surface area contributed by atoms with E-state index >= 15 is 0 Å². The second kappa shape index (κ2) is 4.75. The first-order valence-electron chi connectivity index (χ1n) is 5.26. The lowest BCUT2D eigenvalue weighted by atomic mass is 10.2. The molecule has 0 amide bonds. The summed E-state index contributed by atoms with van der Waals surface area (Å²) in [5.74, 6) is 0.616. The Morgan fingerprint density at radius 1 is 1.23 bits per heavy atom. The molecule has 1 aromatic rings. The largest absolute Gasteiger partial charge is 0.246 e. The molecule has 2 rings (SSSR count). The summed E-state index contributed by atoms with van der Waals surface area (Å²) in [7, 11) is 0. The fraction of sp³-hybridized carbons (Fsp3) is 0.727. The molecule has 0 spiro atoms. The number of thiazole rings is 1. The third kappa shape index (κ3) is 2.31. The van der Waals surface area contributed by atoms with Crippen LogP contribution in [0.4, 0.5) is 0 Å². The molecular formula is C11H19NS. The summed E-state index contributed by atoms with van der Waals surface area (Å²) in [6, 6.07) is 0. The van der Waals surface area contributed by atoms with Crippen molar-refractivity contribution in [2.24, 2.45) is 0 Å². The number of rotatable bonds is 1. The van der Waals surface area contributed by atoms with Gasteiger partial charge in [-0.3, -0.25) is 0 Å². The molecule has 1 aliphatic rings. The molecule has 2 heteroatoms. The Morgan fingerprint density at radius 3 is 2.46 bits per heavy atom. The molecule has 1 heterocycles. The summed E-state index contributed by atoms with van der Waals surface area (Å²) in [6.07, 6.45) is 3.82. The first-order chi connectivity index (χ1) is 6.27. The van der Waals surface area contributed by atoms with Gasteiger partial charge in [-0.2, -0.15) is 0 Å². The van der Waals surface area contributed by atoms with Crippen LogP contribution in [0.25, 0.3) is 0 Å². The zero-order valence-corrected chi connectivity index (χ0v) is 9.87. The van der Waals surface area contributed by atoms with Gasteiger partial charge in [0.05, 0.1) is 10.7 Å². The maximum atomic E-state index is 4.61. The van der Waals surface area contributed by atoms with Gasteiger partial charge in [0.2, 0.25) is 0 Å². The molecule has 74 valence electrons. The van der Waals surface area contributed by atoms with Crippen molar-refractivity contribution in [3.05, 3.63) is 15.6 Å². The maximum absolute atomic E-state index is 4.61. The normalized spacial score (nSPS) is 13.9. The molecule has 1 nitrogen and oxygen atoms in total. The highest BCUT2D eigenvalue weighted by molar-refractivity contribution is 7.11. The summed E-state index contributed by atoms with van der Waals surface area (Å²) in [6.45, 7) is 8.43. The van der Waals surface area contributed by atoms with Gasteiger partial charge in [-0.1, -0.05) is 27.7 Å². The average Bonchev–Trinajstić information content (AvgIpc) is 2.65. The van der Waals surface area contributed by atoms with Gasteiger partial charge in [-0.25, -0.2) is 4.98 Å². The molecule has 1 aromatic heterocycles. The van der Waals surface area contributed by atoms with Gasteiger partial charge >= 0.3 is 0 Å². The van der Waals surface area contributed by atoms with Gasteiger partial charge in [0.25, 0.3) is 0 Å². The molecule has 0 bridgehead atoms. The minimum absolute atomic E-state index is 0.616. The fourth-order valence-corrected chi connectivity index (χ4v) is 2.61. The van der Waals surface area contributed by atoms with E-state index in [4.69, 9.17) is 0 Å². The molecule has 0 saturated heterocycles. The number of nitrogens with zero attached hydrogens (tertiary/aromatic N) is 1. The number of fused-ring (bicyclic) bond motifs is 1. The van der Waals surface area contributed by atoms with E-state index in [2.05, 4.69) is 18.8 Å². The molecule has 0 fully saturated rings. The lowest BCUT2D eigenvalue weighted by Crippen LogP contribution is -1.86. The van der Waals surface area contributed by atoms with Crippen molar-refractivity contribution < 1.29 is 0 Å². The number of aromatic nitrogens is 1. The molecular weight excluding hydrogens is 178 g/mol. The van der Waals surface area contributed by atoms with Gasteiger partial charge in [-0.15, -0.1) is 11.3 Å². The Balaban J connectivity index is 0.000000396. The average molecular weight is 197 g/mol. The van der Waals surface area contributed by atoms with E-state index in [1.807, 2.05) is 25.2 Å². The van der Waals surface area contributed by atoms with E-state index in [0.29, 0.717) is 5.92 Å². The summed E-state index contributed by atoms with van der Waals surface area (Å²) in [5.41, 5.74) is 1.39. The van der Waals surface area contributed by atoms with Crippen molar-refractivity contribution in [1.29, 1.82) is 0 Å². The van der Waals surface area contributed by atoms with Crippen LogP contribution in [0.5, 0.6) is 0 Å². The molecule has 1 aliphatic carbocycles. The van der Waals surface area contributed by atoms with E-state index in [1.54, 1.807) is 4.88 Å². The molecule has 0 radical (unpaired) electrons. The molecule has 0 unspecified atom stereocenters. The van der Waals surface area contributed by atoms with E-state index in [-0.39, 0.29) is 0 Å². The predicted molar refractivity (Wildman–Crippen MR) is 59.6 cm³/mol. The first kappa shape index (κ1) is 10.7. The topological polar surface area (TPSA) is 12.9 Å². The Labute approximate surface area is 85.2 Å². The Bertz CT molecular complexity index is 242. The second-order valence-electron chi connectivity index (χ2n) is 3.43. The van der Waals surface area contributed by atoms with Crippen molar-refractivity contribution in [3.63, 3.8) is 0 Å². The van der Waals surface area contributed by atoms with E-state index in [1.165, 1.54) is 30.0 Å². The monoisotopic (exact) mass is 197 g/mol. The highest BCUT2D eigenvalue weighted by atomic mass is 32.1. The first-order valence-corrected chi connectivity index (χ1v) is 6.07. The molecule has 0 N–H and O–H groups in total. The Morgan fingerprint density at radius 2 is 1.92 bits per heavy atom. The summed E-state index contributed by atoms with van der Waals surface area (Å²) in [4.78, 5) is 6.16. The highest BCUT2D eigenvalue weighted by Crippen LogP contribution is 2.30. The van der Waals surface area contributed by atoms with E-state index in [0.717, 1.165) is 0 Å². The van der Waals surface area contributed by atoms with Crippen LogP contribution in [0.15, 0.2) is 0 Å². The number of hydrogen-bond donors (Lipinski definition) is 0. The molecule has 0 atom stereocenters. The van der Waals surface area contributed by atoms with Crippen LogP contribution in [0.2, 0.25) is 0 Å². The smallest absolute Gasteiger partial charge is 0.0956 e. The van der Waals surface area contributed by atoms with Crippen molar-refractivity contribution in [3.8, 4) is 0 Å². The van der Waals surface area contributed by atoms with Gasteiger partial charge in [0.15, 0.2) is 0 Å². The lowest BCUT2D eigenvalue weighted by molar-refractivity contribution is 0.829. The van der Waals surface area contributed by atoms with Crippen molar-refractivity contribution >= 4 is 11.3 Å². The minimum atomic E-state index is 0.616. The Hall–Kier alpha value is -0.370. The molecule has 0 saturated carbocycles. The van der Waals surface area contributed by atoms with Crippen molar-refractivity contribution in [1.82, 2.24) is 4.98 Å². The van der Waals surface area contributed by atoms with Gasteiger partial charge in [-0.05, 0) is 19.3 Å². The Kier molecular flexibility index (Phi) is 3.91. The van der Waals surface area contributed by atoms with Gasteiger partial charge in [0, 0.05) is 10.8 Å². The third-order valence-corrected chi connectivity index (χ3v) is 3.56. The van der Waals surface area contributed by atoms with Gasteiger partial charge in [0.1, 0.15) is 0 Å². The third-order valence-electron chi connectivity index (χ3n) is 2.11. The highest BCUT2D eigenvalue weighted by Gasteiger charge is 2.17. The summed E-state index contributed by atoms with van der Waals surface area (Å²) in [5, 5.41) is 1.33. The number of aryl methyl sites for hydroxylation is 2. The van der Waals surface area contributed by atoms with Crippen LogP contribution < -0.4 is 0 Å². The SMILES string of the molecule is CC.CC(C)c1nc2c(s1)CCC2.